The van der Waals surface area contributed by atoms with Crippen LogP contribution in [0.2, 0.25) is 0 Å². The molecule has 2 aromatic rings. The van der Waals surface area contributed by atoms with Gasteiger partial charge in [-0.3, -0.25) is 0 Å². The highest BCUT2D eigenvalue weighted by molar-refractivity contribution is 5.94. The Morgan fingerprint density at radius 2 is 2.12 bits per heavy atom. The van der Waals surface area contributed by atoms with Crippen LogP contribution in [0.1, 0.15) is 35.7 Å². The SMILES string of the molecule is Nc1nccc(Cc2c(F)cc3c(c2F)NC(=O)N[C@H]3C#CC2CC2)n1. The molecule has 6 nitrogen and oxygen atoms in total. The number of hydrogen-bond acceptors (Lipinski definition) is 4. The molecule has 1 aromatic heterocycles. The molecule has 1 fully saturated rings. The molecule has 0 radical (unpaired) electrons. The van der Waals surface area contributed by atoms with E-state index in [4.69, 9.17) is 5.73 Å². The molecule has 2 aliphatic rings. The Bertz CT molecular complexity index is 962. The minimum atomic E-state index is -0.828. The molecule has 1 aromatic carbocycles. The van der Waals surface area contributed by atoms with Gasteiger partial charge in [-0.05, 0) is 25.0 Å². The molecule has 0 spiro atoms. The molecule has 2 heterocycles. The normalized spacial score (nSPS) is 18.2. The molecule has 4 rings (SSSR count). The highest BCUT2D eigenvalue weighted by Gasteiger charge is 2.29. The van der Waals surface area contributed by atoms with Crippen molar-refractivity contribution in [1.29, 1.82) is 0 Å². The molecule has 1 aliphatic heterocycles. The lowest BCUT2D eigenvalue weighted by molar-refractivity contribution is 0.249. The molecule has 2 amide bonds. The first-order valence-corrected chi connectivity index (χ1v) is 8.18. The first-order chi connectivity index (χ1) is 12.5. The average molecular weight is 355 g/mol. The number of fused-ring (bicyclic) bond motifs is 1. The van der Waals surface area contributed by atoms with Crippen molar-refractivity contribution in [3.63, 3.8) is 0 Å². The highest BCUT2D eigenvalue weighted by Crippen LogP contribution is 2.34. The fourth-order valence-electron chi connectivity index (χ4n) is 2.79. The van der Waals surface area contributed by atoms with Crippen LogP contribution in [0.3, 0.4) is 0 Å². The number of nitrogens with zero attached hydrogens (tertiary/aromatic N) is 2. The minimum absolute atomic E-state index is 0.0224. The van der Waals surface area contributed by atoms with Crippen LogP contribution in [0.15, 0.2) is 18.3 Å². The first kappa shape index (κ1) is 16.3. The maximum atomic E-state index is 15.0. The van der Waals surface area contributed by atoms with E-state index in [0.29, 0.717) is 11.6 Å². The van der Waals surface area contributed by atoms with Crippen LogP contribution >= 0.6 is 0 Å². The van der Waals surface area contributed by atoms with Gasteiger partial charge in [0.1, 0.15) is 11.9 Å². The van der Waals surface area contributed by atoms with Gasteiger partial charge in [-0.2, -0.15) is 0 Å². The number of carbonyl (C=O) groups excluding carboxylic acids is 1. The Kier molecular flexibility index (Phi) is 3.92. The third kappa shape index (κ3) is 3.16. The number of nitrogens with one attached hydrogen (secondary N) is 2. The molecule has 132 valence electrons. The van der Waals surface area contributed by atoms with E-state index in [1.165, 1.54) is 18.3 Å². The lowest BCUT2D eigenvalue weighted by Crippen LogP contribution is -2.38. The summed E-state index contributed by atoms with van der Waals surface area (Å²) < 4.78 is 29.6. The summed E-state index contributed by atoms with van der Waals surface area (Å²) in [5, 5.41) is 5.00. The van der Waals surface area contributed by atoms with Crippen molar-refractivity contribution in [3.8, 4) is 11.8 Å². The smallest absolute Gasteiger partial charge is 0.320 e. The van der Waals surface area contributed by atoms with Crippen molar-refractivity contribution < 1.29 is 13.6 Å². The Morgan fingerprint density at radius 1 is 1.31 bits per heavy atom. The summed E-state index contributed by atoms with van der Waals surface area (Å²) in [6, 6.07) is 1.41. The van der Waals surface area contributed by atoms with Gasteiger partial charge in [-0.15, -0.1) is 0 Å². The molecule has 8 heteroatoms. The molecule has 1 saturated carbocycles. The van der Waals surface area contributed by atoms with E-state index < -0.39 is 23.7 Å². The minimum Gasteiger partial charge on any atom is -0.368 e. The summed E-state index contributed by atoms with van der Waals surface area (Å²) in [5.74, 6) is 4.70. The van der Waals surface area contributed by atoms with Gasteiger partial charge >= 0.3 is 6.03 Å². The van der Waals surface area contributed by atoms with Crippen LogP contribution in [0.5, 0.6) is 0 Å². The van der Waals surface area contributed by atoms with Crippen LogP contribution in [0.25, 0.3) is 0 Å². The Labute approximate surface area is 148 Å². The third-order valence-electron chi connectivity index (χ3n) is 4.27. The number of aromatic nitrogens is 2. The first-order valence-electron chi connectivity index (χ1n) is 8.18. The number of carbonyl (C=O) groups is 1. The number of nitrogens with two attached hydrogens (primary N) is 1. The predicted molar refractivity (Wildman–Crippen MR) is 91.0 cm³/mol. The van der Waals surface area contributed by atoms with Crippen molar-refractivity contribution in [2.24, 2.45) is 5.92 Å². The summed E-state index contributed by atoms with van der Waals surface area (Å²) in [6.45, 7) is 0. The zero-order valence-corrected chi connectivity index (χ0v) is 13.6. The third-order valence-corrected chi connectivity index (χ3v) is 4.27. The number of halogens is 2. The van der Waals surface area contributed by atoms with Crippen molar-refractivity contribution >= 4 is 17.7 Å². The standard InChI is InChI=1S/C18H15F2N5O/c19-13-8-12-14(4-3-9-1-2-9)24-18(26)25-16(12)15(20)11(13)7-10-5-6-22-17(21)23-10/h5-6,8-9,14H,1-2,7H2,(H2,21,22,23)(H2,24,25,26)/t14-/m0/s1. The van der Waals surface area contributed by atoms with E-state index in [0.717, 1.165) is 12.8 Å². The summed E-state index contributed by atoms with van der Waals surface area (Å²) in [6.07, 6.45) is 3.34. The summed E-state index contributed by atoms with van der Waals surface area (Å²) in [4.78, 5) is 19.6. The fraction of sp³-hybridized carbons (Fsp3) is 0.278. The Morgan fingerprint density at radius 3 is 2.85 bits per heavy atom. The van der Waals surface area contributed by atoms with Gasteiger partial charge in [0.15, 0.2) is 5.82 Å². The van der Waals surface area contributed by atoms with Gasteiger partial charge in [0.05, 0.1) is 11.4 Å². The van der Waals surface area contributed by atoms with E-state index in [1.54, 1.807) is 0 Å². The zero-order valence-electron chi connectivity index (χ0n) is 13.6. The highest BCUT2D eigenvalue weighted by atomic mass is 19.1. The second-order valence-electron chi connectivity index (χ2n) is 6.29. The molecule has 4 N–H and O–H groups in total. The molecule has 1 aliphatic carbocycles. The van der Waals surface area contributed by atoms with Gasteiger partial charge in [-0.25, -0.2) is 23.5 Å². The van der Waals surface area contributed by atoms with Gasteiger partial charge in [0.25, 0.3) is 0 Å². The molecular formula is C18H15F2N5O. The molecule has 1 atom stereocenters. The van der Waals surface area contributed by atoms with Gasteiger partial charge < -0.3 is 16.4 Å². The van der Waals surface area contributed by atoms with Crippen molar-refractivity contribution in [1.82, 2.24) is 15.3 Å². The van der Waals surface area contributed by atoms with Crippen LogP contribution < -0.4 is 16.4 Å². The maximum Gasteiger partial charge on any atom is 0.320 e. The van der Waals surface area contributed by atoms with Crippen LogP contribution in [0, 0.1) is 29.4 Å². The summed E-state index contributed by atoms with van der Waals surface area (Å²) >= 11 is 0. The number of benzene rings is 1. The second-order valence-corrected chi connectivity index (χ2v) is 6.29. The summed E-state index contributed by atoms with van der Waals surface area (Å²) in [5.41, 5.74) is 5.91. The lowest BCUT2D eigenvalue weighted by atomic mass is 9.97. The Balaban J connectivity index is 1.73. The number of hydrogen-bond donors (Lipinski definition) is 3. The molecule has 0 unspecified atom stereocenters. The van der Waals surface area contributed by atoms with E-state index >= 15 is 0 Å². The van der Waals surface area contributed by atoms with E-state index in [1.807, 2.05) is 0 Å². The number of anilines is 2. The molecular weight excluding hydrogens is 340 g/mol. The quantitative estimate of drug-likeness (QED) is 0.722. The van der Waals surface area contributed by atoms with Crippen LogP contribution in [-0.2, 0) is 6.42 Å². The Hall–Kier alpha value is -3.21. The second kappa shape index (κ2) is 6.26. The van der Waals surface area contributed by atoms with E-state index in [2.05, 4.69) is 32.4 Å². The largest absolute Gasteiger partial charge is 0.368 e. The number of urea groups is 1. The zero-order chi connectivity index (χ0) is 18.3. The lowest BCUT2D eigenvalue weighted by Gasteiger charge is -2.25. The molecule has 26 heavy (non-hydrogen) atoms. The monoisotopic (exact) mass is 355 g/mol. The van der Waals surface area contributed by atoms with E-state index in [9.17, 15) is 13.6 Å². The number of nitrogen functional groups attached to an aromatic ring is 1. The van der Waals surface area contributed by atoms with Crippen molar-refractivity contribution in [2.45, 2.75) is 25.3 Å². The number of rotatable bonds is 2. The molecule has 0 saturated heterocycles. The van der Waals surface area contributed by atoms with E-state index in [-0.39, 0.29) is 29.2 Å². The van der Waals surface area contributed by atoms with Gasteiger partial charge in [0, 0.05) is 29.7 Å². The average Bonchev–Trinajstić information content (AvgIpc) is 3.42. The van der Waals surface area contributed by atoms with Gasteiger partial charge in [-0.1, -0.05) is 11.8 Å². The summed E-state index contributed by atoms with van der Waals surface area (Å²) in [7, 11) is 0. The van der Waals surface area contributed by atoms with Gasteiger partial charge in [0.2, 0.25) is 5.95 Å². The number of amides is 2. The van der Waals surface area contributed by atoms with Crippen LogP contribution in [0.4, 0.5) is 25.2 Å². The molecule has 0 bridgehead atoms. The maximum absolute atomic E-state index is 15.0. The van der Waals surface area contributed by atoms with Crippen molar-refractivity contribution in [3.05, 3.63) is 46.8 Å². The topological polar surface area (TPSA) is 92.9 Å². The van der Waals surface area contributed by atoms with Crippen molar-refractivity contribution in [2.75, 3.05) is 11.1 Å². The fourth-order valence-corrected chi connectivity index (χ4v) is 2.79. The predicted octanol–water partition coefficient (Wildman–Crippen LogP) is 2.52. The van der Waals surface area contributed by atoms with Crippen LogP contribution in [-0.4, -0.2) is 16.0 Å².